The monoisotopic (exact) mass is 393 g/mol. The number of aromatic nitrogens is 1. The quantitative estimate of drug-likeness (QED) is 0.727. The Kier molecular flexibility index (Phi) is 4.60. The molecule has 29 heavy (non-hydrogen) atoms. The lowest BCUT2D eigenvalue weighted by Gasteiger charge is -2.34. The highest BCUT2D eigenvalue weighted by molar-refractivity contribution is 5.94. The number of hydrogen-bond donors (Lipinski definition) is 1. The highest BCUT2D eigenvalue weighted by atomic mass is 16.7. The van der Waals surface area contributed by atoms with Gasteiger partial charge in [-0.3, -0.25) is 9.69 Å². The molecule has 5 rings (SSSR count). The fraction of sp³-hybridized carbons (Fsp3) is 0.364. The topological polar surface area (TPSA) is 76.8 Å². The van der Waals surface area contributed by atoms with Crippen LogP contribution in [0.25, 0.3) is 11.1 Å². The molecular weight excluding hydrogens is 370 g/mol. The number of likely N-dealkylation sites (tertiary alicyclic amines) is 1. The van der Waals surface area contributed by atoms with Crippen molar-refractivity contribution in [2.45, 2.75) is 31.7 Å². The fourth-order valence-electron chi connectivity index (χ4n) is 3.99. The average molecular weight is 393 g/mol. The largest absolute Gasteiger partial charge is 0.454 e. The SMILES string of the molecule is C[C@H](C(=O)Nc1ccc2c(c1)OCO2)N1CCC(c2nc3ccccc3o2)CC1. The van der Waals surface area contributed by atoms with E-state index in [1.807, 2.05) is 43.3 Å². The summed E-state index contributed by atoms with van der Waals surface area (Å²) in [7, 11) is 0. The molecule has 1 saturated heterocycles. The first-order valence-corrected chi connectivity index (χ1v) is 9.97. The Hall–Kier alpha value is -3.06. The van der Waals surface area contributed by atoms with Crippen LogP contribution < -0.4 is 14.8 Å². The van der Waals surface area contributed by atoms with Crippen molar-refractivity contribution >= 4 is 22.7 Å². The Morgan fingerprint density at radius 3 is 2.76 bits per heavy atom. The first kappa shape index (κ1) is 18.0. The second kappa shape index (κ2) is 7.40. The molecule has 0 radical (unpaired) electrons. The van der Waals surface area contributed by atoms with E-state index in [1.165, 1.54) is 0 Å². The number of benzene rings is 2. The summed E-state index contributed by atoms with van der Waals surface area (Å²) < 4.78 is 16.6. The van der Waals surface area contributed by atoms with Crippen molar-refractivity contribution in [3.05, 3.63) is 48.4 Å². The van der Waals surface area contributed by atoms with Crippen molar-refractivity contribution in [1.82, 2.24) is 9.88 Å². The number of carbonyl (C=O) groups excluding carboxylic acids is 1. The maximum Gasteiger partial charge on any atom is 0.241 e. The molecule has 0 unspecified atom stereocenters. The molecule has 2 aliphatic heterocycles. The van der Waals surface area contributed by atoms with Crippen molar-refractivity contribution in [1.29, 1.82) is 0 Å². The summed E-state index contributed by atoms with van der Waals surface area (Å²) in [6, 6.07) is 13.1. The maximum atomic E-state index is 12.7. The van der Waals surface area contributed by atoms with Gasteiger partial charge in [0.05, 0.1) is 6.04 Å². The number of amides is 1. The summed E-state index contributed by atoms with van der Waals surface area (Å²) in [5, 5.41) is 2.98. The van der Waals surface area contributed by atoms with E-state index >= 15 is 0 Å². The lowest BCUT2D eigenvalue weighted by atomic mass is 9.95. The van der Waals surface area contributed by atoms with Crippen LogP contribution in [-0.2, 0) is 4.79 Å². The van der Waals surface area contributed by atoms with Crippen molar-refractivity contribution < 1.29 is 18.7 Å². The minimum absolute atomic E-state index is 0.0239. The summed E-state index contributed by atoms with van der Waals surface area (Å²) in [4.78, 5) is 19.6. The van der Waals surface area contributed by atoms with Crippen LogP contribution in [0.3, 0.4) is 0 Å². The normalized spacial score (nSPS) is 18.1. The molecule has 7 heteroatoms. The van der Waals surface area contributed by atoms with Crippen molar-refractivity contribution in [3.63, 3.8) is 0 Å². The minimum atomic E-state index is -0.218. The number of nitrogens with one attached hydrogen (secondary N) is 1. The Bertz CT molecular complexity index is 1010. The van der Waals surface area contributed by atoms with Crippen LogP contribution in [0, 0.1) is 0 Å². The van der Waals surface area contributed by atoms with Gasteiger partial charge in [0.25, 0.3) is 0 Å². The van der Waals surface area contributed by atoms with Crippen LogP contribution in [0.5, 0.6) is 11.5 Å². The van der Waals surface area contributed by atoms with Crippen LogP contribution in [0.15, 0.2) is 46.9 Å². The van der Waals surface area contributed by atoms with Crippen LogP contribution in [0.2, 0.25) is 0 Å². The molecule has 1 atom stereocenters. The van der Waals surface area contributed by atoms with Gasteiger partial charge in [-0.25, -0.2) is 4.98 Å². The van der Waals surface area contributed by atoms with E-state index in [9.17, 15) is 4.79 Å². The summed E-state index contributed by atoms with van der Waals surface area (Å²) in [6.07, 6.45) is 1.85. The van der Waals surface area contributed by atoms with E-state index in [-0.39, 0.29) is 18.7 Å². The van der Waals surface area contributed by atoms with Gasteiger partial charge >= 0.3 is 0 Å². The van der Waals surface area contributed by atoms with E-state index in [2.05, 4.69) is 15.2 Å². The molecule has 1 amide bonds. The van der Waals surface area contributed by atoms with Gasteiger partial charge in [0, 0.05) is 17.7 Å². The number of hydrogen-bond acceptors (Lipinski definition) is 6. The van der Waals surface area contributed by atoms with Crippen LogP contribution in [-0.4, -0.2) is 41.7 Å². The van der Waals surface area contributed by atoms with Crippen molar-refractivity contribution in [3.8, 4) is 11.5 Å². The summed E-state index contributed by atoms with van der Waals surface area (Å²) in [5.74, 6) is 2.45. The third kappa shape index (κ3) is 3.53. The molecule has 0 bridgehead atoms. The van der Waals surface area contributed by atoms with Crippen molar-refractivity contribution in [2.24, 2.45) is 0 Å². The number of ether oxygens (including phenoxy) is 2. The van der Waals surface area contributed by atoms with Gasteiger partial charge in [-0.05, 0) is 57.1 Å². The number of fused-ring (bicyclic) bond motifs is 2. The van der Waals surface area contributed by atoms with Crippen LogP contribution in [0.4, 0.5) is 5.69 Å². The third-order valence-corrected chi connectivity index (χ3v) is 5.76. The fourth-order valence-corrected chi connectivity index (χ4v) is 3.99. The predicted octanol–water partition coefficient (Wildman–Crippen LogP) is 3.76. The molecule has 0 saturated carbocycles. The maximum absolute atomic E-state index is 12.7. The molecule has 2 aliphatic rings. The predicted molar refractivity (Wildman–Crippen MR) is 108 cm³/mol. The van der Waals surface area contributed by atoms with E-state index < -0.39 is 0 Å². The Labute approximate surface area is 168 Å². The van der Waals surface area contributed by atoms with Crippen LogP contribution >= 0.6 is 0 Å². The van der Waals surface area contributed by atoms with Crippen LogP contribution in [0.1, 0.15) is 31.6 Å². The van der Waals surface area contributed by atoms with Gasteiger partial charge in [-0.15, -0.1) is 0 Å². The van der Waals surface area contributed by atoms with Gasteiger partial charge in [0.15, 0.2) is 23.0 Å². The highest BCUT2D eigenvalue weighted by Crippen LogP contribution is 2.34. The number of carbonyl (C=O) groups is 1. The zero-order valence-corrected chi connectivity index (χ0v) is 16.3. The van der Waals surface area contributed by atoms with E-state index in [1.54, 1.807) is 6.07 Å². The van der Waals surface area contributed by atoms with Crippen molar-refractivity contribution in [2.75, 3.05) is 25.2 Å². The zero-order valence-electron chi connectivity index (χ0n) is 16.3. The minimum Gasteiger partial charge on any atom is -0.454 e. The first-order chi connectivity index (χ1) is 14.2. The molecule has 1 N–H and O–H groups in total. The lowest BCUT2D eigenvalue weighted by Crippen LogP contribution is -2.45. The second-order valence-corrected chi connectivity index (χ2v) is 7.56. The van der Waals surface area contributed by atoms with Gasteiger partial charge in [0.1, 0.15) is 5.52 Å². The molecule has 150 valence electrons. The smallest absolute Gasteiger partial charge is 0.241 e. The number of para-hydroxylation sites is 2. The van der Waals surface area contributed by atoms with E-state index in [0.717, 1.165) is 42.9 Å². The first-order valence-electron chi connectivity index (χ1n) is 9.97. The molecule has 0 aliphatic carbocycles. The summed E-state index contributed by atoms with van der Waals surface area (Å²) in [5.41, 5.74) is 2.45. The molecule has 0 spiro atoms. The third-order valence-electron chi connectivity index (χ3n) is 5.76. The molecule has 3 aromatic rings. The standard InChI is InChI=1S/C22H23N3O4/c1-14(21(26)23-16-6-7-19-20(12-16)28-13-27-19)25-10-8-15(9-11-25)22-24-17-4-2-3-5-18(17)29-22/h2-7,12,14-15H,8-11,13H2,1H3,(H,23,26)/t14-/m1/s1. The molecule has 3 heterocycles. The summed E-state index contributed by atoms with van der Waals surface area (Å²) >= 11 is 0. The van der Waals surface area contributed by atoms with Gasteiger partial charge in [-0.2, -0.15) is 0 Å². The number of rotatable bonds is 4. The Balaban J connectivity index is 1.19. The molecular formula is C22H23N3O4. The Morgan fingerprint density at radius 1 is 1.14 bits per heavy atom. The molecule has 1 aromatic heterocycles. The number of nitrogens with zero attached hydrogens (tertiary/aromatic N) is 2. The Morgan fingerprint density at radius 2 is 1.93 bits per heavy atom. The molecule has 7 nitrogen and oxygen atoms in total. The highest BCUT2D eigenvalue weighted by Gasteiger charge is 2.29. The second-order valence-electron chi connectivity index (χ2n) is 7.56. The molecule has 1 fully saturated rings. The van der Waals surface area contributed by atoms with Gasteiger partial charge in [0.2, 0.25) is 12.7 Å². The van der Waals surface area contributed by atoms with E-state index in [4.69, 9.17) is 13.9 Å². The van der Waals surface area contributed by atoms with E-state index in [0.29, 0.717) is 23.1 Å². The number of anilines is 1. The zero-order chi connectivity index (χ0) is 19.8. The average Bonchev–Trinajstić information content (AvgIpc) is 3.39. The number of oxazole rings is 1. The van der Waals surface area contributed by atoms with Gasteiger partial charge in [-0.1, -0.05) is 12.1 Å². The summed E-state index contributed by atoms with van der Waals surface area (Å²) in [6.45, 7) is 3.83. The van der Waals surface area contributed by atoms with Gasteiger partial charge < -0.3 is 19.2 Å². The lowest BCUT2D eigenvalue weighted by molar-refractivity contribution is -0.121. The number of piperidine rings is 1. The molecule has 2 aromatic carbocycles.